The summed E-state index contributed by atoms with van der Waals surface area (Å²) in [6.07, 6.45) is 1.02. The highest BCUT2D eigenvalue weighted by molar-refractivity contribution is 7.99. The molecule has 0 aliphatic rings. The second-order valence-corrected chi connectivity index (χ2v) is 6.31. The van der Waals surface area contributed by atoms with Gasteiger partial charge in [-0.3, -0.25) is 0 Å². The van der Waals surface area contributed by atoms with Crippen LogP contribution in [-0.4, -0.2) is 30.3 Å². The summed E-state index contributed by atoms with van der Waals surface area (Å²) < 4.78 is 11.2. The molecule has 3 nitrogen and oxygen atoms in total. The molecule has 2 N–H and O–H groups in total. The molecular formula is C15H25NO2S. The van der Waals surface area contributed by atoms with Crippen molar-refractivity contribution in [3.8, 4) is 11.5 Å². The van der Waals surface area contributed by atoms with E-state index in [9.17, 15) is 0 Å². The lowest BCUT2D eigenvalue weighted by molar-refractivity contribution is 0.314. The van der Waals surface area contributed by atoms with Crippen LogP contribution in [0, 0.1) is 0 Å². The number of hydrogen-bond acceptors (Lipinski definition) is 4. The van der Waals surface area contributed by atoms with Crippen molar-refractivity contribution in [2.24, 2.45) is 5.73 Å². The van der Waals surface area contributed by atoms with Crippen LogP contribution in [0.1, 0.15) is 27.2 Å². The van der Waals surface area contributed by atoms with E-state index in [1.54, 1.807) is 0 Å². The van der Waals surface area contributed by atoms with Gasteiger partial charge in [-0.05, 0) is 44.5 Å². The predicted molar refractivity (Wildman–Crippen MR) is 83.3 cm³/mol. The van der Waals surface area contributed by atoms with E-state index in [2.05, 4.69) is 6.92 Å². The summed E-state index contributed by atoms with van der Waals surface area (Å²) in [6.45, 7) is 7.63. The van der Waals surface area contributed by atoms with Crippen molar-refractivity contribution < 1.29 is 9.47 Å². The van der Waals surface area contributed by atoms with Gasteiger partial charge in [0.25, 0.3) is 0 Å². The van der Waals surface area contributed by atoms with Gasteiger partial charge in [-0.2, -0.15) is 11.8 Å². The van der Waals surface area contributed by atoms with Crippen LogP contribution in [0.15, 0.2) is 24.3 Å². The fourth-order valence-electron chi connectivity index (χ4n) is 1.41. The number of rotatable bonds is 9. The molecule has 0 aromatic heterocycles. The summed E-state index contributed by atoms with van der Waals surface area (Å²) in [6, 6.07) is 7.79. The minimum absolute atomic E-state index is 0.108. The van der Waals surface area contributed by atoms with E-state index in [0.717, 1.165) is 36.0 Å². The third kappa shape index (κ3) is 8.01. The molecule has 0 atom stereocenters. The third-order valence-corrected chi connectivity index (χ3v) is 3.67. The fourth-order valence-corrected chi connectivity index (χ4v) is 2.28. The molecule has 1 aromatic rings. The van der Waals surface area contributed by atoms with E-state index in [1.807, 2.05) is 49.9 Å². The molecule has 1 rings (SSSR count). The predicted octanol–water partition coefficient (Wildman–Crippen LogP) is 3.32. The zero-order valence-electron chi connectivity index (χ0n) is 12.1. The highest BCUT2D eigenvalue weighted by atomic mass is 32.2. The molecule has 1 aromatic carbocycles. The lowest BCUT2D eigenvalue weighted by Gasteiger charge is -2.17. The number of ether oxygens (including phenoxy) is 2. The minimum atomic E-state index is -0.108. The van der Waals surface area contributed by atoms with Gasteiger partial charge >= 0.3 is 0 Å². The fraction of sp³-hybridized carbons (Fsp3) is 0.600. The third-order valence-electron chi connectivity index (χ3n) is 2.27. The van der Waals surface area contributed by atoms with Crippen molar-refractivity contribution in [3.05, 3.63) is 24.3 Å². The van der Waals surface area contributed by atoms with Crippen molar-refractivity contribution in [3.63, 3.8) is 0 Å². The maximum absolute atomic E-state index is 5.91. The van der Waals surface area contributed by atoms with Crippen molar-refractivity contribution >= 4 is 11.8 Å². The second kappa shape index (κ2) is 8.33. The molecule has 0 spiro atoms. The van der Waals surface area contributed by atoms with E-state index in [4.69, 9.17) is 15.2 Å². The molecule has 19 heavy (non-hydrogen) atoms. The normalized spacial score (nSPS) is 11.4. The smallest absolute Gasteiger partial charge is 0.119 e. The lowest BCUT2D eigenvalue weighted by Crippen LogP contribution is -2.34. The minimum Gasteiger partial charge on any atom is -0.494 e. The molecule has 0 amide bonds. The summed E-state index contributed by atoms with van der Waals surface area (Å²) in [4.78, 5) is 0. The number of hydrogen-bond donors (Lipinski definition) is 1. The molecule has 0 radical (unpaired) electrons. The Balaban J connectivity index is 2.19. The Bertz CT molecular complexity index is 346. The molecule has 0 saturated heterocycles. The van der Waals surface area contributed by atoms with Gasteiger partial charge in [0.05, 0.1) is 13.2 Å². The van der Waals surface area contributed by atoms with Gasteiger partial charge in [0.2, 0.25) is 0 Å². The first-order valence-corrected chi connectivity index (χ1v) is 7.89. The Morgan fingerprint density at radius 2 is 1.58 bits per heavy atom. The molecule has 0 bridgehead atoms. The highest BCUT2D eigenvalue weighted by Gasteiger charge is 2.09. The summed E-state index contributed by atoms with van der Waals surface area (Å²) in [5.41, 5.74) is 5.80. The quantitative estimate of drug-likeness (QED) is 0.706. The van der Waals surface area contributed by atoms with Crippen LogP contribution >= 0.6 is 11.8 Å². The number of thioether (sulfide) groups is 1. The summed E-state index contributed by atoms with van der Waals surface area (Å²) >= 11 is 1.82. The van der Waals surface area contributed by atoms with Crippen LogP contribution < -0.4 is 15.2 Å². The van der Waals surface area contributed by atoms with Crippen LogP contribution in [0.4, 0.5) is 0 Å². The van der Waals surface area contributed by atoms with Gasteiger partial charge in [-0.25, -0.2) is 0 Å². The first kappa shape index (κ1) is 16.2. The van der Waals surface area contributed by atoms with Gasteiger partial charge in [-0.1, -0.05) is 6.92 Å². The average molecular weight is 283 g/mol. The molecule has 0 saturated carbocycles. The Hall–Kier alpha value is -0.870. The Morgan fingerprint density at radius 3 is 2.05 bits per heavy atom. The molecule has 4 heteroatoms. The van der Waals surface area contributed by atoms with Crippen LogP contribution in [0.25, 0.3) is 0 Å². The van der Waals surface area contributed by atoms with E-state index in [1.165, 1.54) is 0 Å². The van der Waals surface area contributed by atoms with E-state index in [-0.39, 0.29) is 5.54 Å². The highest BCUT2D eigenvalue weighted by Crippen LogP contribution is 2.18. The Kier molecular flexibility index (Phi) is 7.10. The van der Waals surface area contributed by atoms with Gasteiger partial charge in [0.1, 0.15) is 11.5 Å². The maximum atomic E-state index is 5.91. The van der Waals surface area contributed by atoms with Gasteiger partial charge in [0, 0.05) is 17.0 Å². The topological polar surface area (TPSA) is 44.5 Å². The summed E-state index contributed by atoms with van der Waals surface area (Å²) in [5, 5.41) is 0. The van der Waals surface area contributed by atoms with Crippen LogP contribution in [0.3, 0.4) is 0 Å². The number of benzene rings is 1. The van der Waals surface area contributed by atoms with Crippen LogP contribution in [0.5, 0.6) is 11.5 Å². The standard InChI is InChI=1S/C15H25NO2S/c1-4-9-17-13-5-7-14(8-6-13)18-10-11-19-12-15(2,3)16/h5-8H,4,9-12,16H2,1-3H3. The molecular weight excluding hydrogens is 258 g/mol. The lowest BCUT2D eigenvalue weighted by atomic mass is 10.1. The molecule has 0 aliphatic carbocycles. The first-order chi connectivity index (χ1) is 9.01. The zero-order chi connectivity index (χ0) is 14.1. The Morgan fingerprint density at radius 1 is 1.05 bits per heavy atom. The van der Waals surface area contributed by atoms with Crippen molar-refractivity contribution in [2.75, 3.05) is 24.7 Å². The van der Waals surface area contributed by atoms with Gasteiger partial charge < -0.3 is 15.2 Å². The van der Waals surface area contributed by atoms with E-state index in [0.29, 0.717) is 6.61 Å². The van der Waals surface area contributed by atoms with E-state index < -0.39 is 0 Å². The van der Waals surface area contributed by atoms with Gasteiger partial charge in [0.15, 0.2) is 0 Å². The second-order valence-electron chi connectivity index (χ2n) is 5.21. The molecule has 0 aliphatic heterocycles. The zero-order valence-corrected chi connectivity index (χ0v) is 13.0. The average Bonchev–Trinajstić information content (AvgIpc) is 2.36. The summed E-state index contributed by atoms with van der Waals surface area (Å²) in [7, 11) is 0. The maximum Gasteiger partial charge on any atom is 0.119 e. The molecule has 108 valence electrons. The van der Waals surface area contributed by atoms with Crippen molar-refractivity contribution in [2.45, 2.75) is 32.7 Å². The first-order valence-electron chi connectivity index (χ1n) is 6.73. The van der Waals surface area contributed by atoms with Crippen molar-refractivity contribution in [1.29, 1.82) is 0 Å². The van der Waals surface area contributed by atoms with E-state index >= 15 is 0 Å². The SMILES string of the molecule is CCCOc1ccc(OCCSCC(C)(C)N)cc1. The molecule has 0 heterocycles. The largest absolute Gasteiger partial charge is 0.494 e. The van der Waals surface area contributed by atoms with Crippen LogP contribution in [-0.2, 0) is 0 Å². The summed E-state index contributed by atoms with van der Waals surface area (Å²) in [5.74, 6) is 3.68. The van der Waals surface area contributed by atoms with Gasteiger partial charge in [-0.15, -0.1) is 0 Å². The van der Waals surface area contributed by atoms with Crippen molar-refractivity contribution in [1.82, 2.24) is 0 Å². The van der Waals surface area contributed by atoms with Crippen LogP contribution in [0.2, 0.25) is 0 Å². The molecule has 0 fully saturated rings. The monoisotopic (exact) mass is 283 g/mol. The molecule has 0 unspecified atom stereocenters. The Labute approximate surface area is 120 Å². The number of nitrogens with two attached hydrogens (primary N) is 1.